The van der Waals surface area contributed by atoms with Crippen LogP contribution in [0.3, 0.4) is 0 Å². The molecule has 0 aliphatic rings. The lowest BCUT2D eigenvalue weighted by Gasteiger charge is -2.14. The molecule has 4 nitrogen and oxygen atoms in total. The van der Waals surface area contributed by atoms with Crippen LogP contribution in [-0.2, 0) is 17.6 Å². The number of nitrogens with one attached hydrogen (secondary N) is 1. The second kappa shape index (κ2) is 7.89. The number of nitrogen functional groups attached to an aromatic ring is 1. The van der Waals surface area contributed by atoms with Gasteiger partial charge in [0, 0.05) is 11.4 Å². The first-order valence-electron chi connectivity index (χ1n) is 8.30. The van der Waals surface area contributed by atoms with E-state index in [-0.39, 0.29) is 5.91 Å². The van der Waals surface area contributed by atoms with Gasteiger partial charge in [-0.05, 0) is 42.2 Å². The number of anilines is 2. The van der Waals surface area contributed by atoms with Crippen LogP contribution in [0, 0.1) is 0 Å². The maximum absolute atomic E-state index is 12.4. The summed E-state index contributed by atoms with van der Waals surface area (Å²) in [5.74, 6) is 0.343. The van der Waals surface area contributed by atoms with Crippen molar-refractivity contribution in [1.29, 1.82) is 0 Å². The number of benzene rings is 2. The van der Waals surface area contributed by atoms with Crippen LogP contribution in [-0.4, -0.2) is 16.6 Å². The first kappa shape index (κ1) is 17.8. The van der Waals surface area contributed by atoms with Gasteiger partial charge in [-0.25, -0.2) is 4.98 Å². The lowest BCUT2D eigenvalue weighted by atomic mass is 10.0. The molecule has 0 aliphatic heterocycles. The van der Waals surface area contributed by atoms with Gasteiger partial charge in [-0.3, -0.25) is 4.79 Å². The Hall–Kier alpha value is -2.05. The van der Waals surface area contributed by atoms with Crippen LogP contribution in [0.4, 0.5) is 11.4 Å². The number of nitrogens with zero attached hydrogens (tertiary/aromatic N) is 1. The number of para-hydroxylation sites is 1. The number of amides is 1. The third-order valence-corrected chi connectivity index (χ3v) is 6.14. The molecule has 0 aliphatic carbocycles. The van der Waals surface area contributed by atoms with Crippen molar-refractivity contribution in [2.45, 2.75) is 31.0 Å². The van der Waals surface area contributed by atoms with E-state index in [2.05, 4.69) is 42.3 Å². The third kappa shape index (κ3) is 4.14. The molecule has 0 fully saturated rings. The van der Waals surface area contributed by atoms with E-state index in [1.807, 2.05) is 18.2 Å². The van der Waals surface area contributed by atoms with E-state index in [1.54, 1.807) is 11.3 Å². The van der Waals surface area contributed by atoms with Crippen LogP contribution in [0.5, 0.6) is 0 Å². The molecule has 0 spiro atoms. The number of thioether (sulfide) groups is 1. The Balaban J connectivity index is 1.68. The van der Waals surface area contributed by atoms with Gasteiger partial charge < -0.3 is 11.1 Å². The average Bonchev–Trinajstić information content (AvgIpc) is 3.02. The number of aromatic nitrogens is 1. The summed E-state index contributed by atoms with van der Waals surface area (Å²) in [5, 5.41) is 3.09. The smallest absolute Gasteiger partial charge is 0.234 e. The SMILES string of the molecule is CCc1cccc(CC)c1NC(=O)CSc1nc2ccc(N)cc2s1. The summed E-state index contributed by atoms with van der Waals surface area (Å²) in [6.45, 7) is 4.21. The molecule has 1 heterocycles. The van der Waals surface area contributed by atoms with E-state index in [0.717, 1.165) is 38.8 Å². The number of aryl methyl sites for hydroxylation is 2. The van der Waals surface area contributed by atoms with Crippen LogP contribution in [0.1, 0.15) is 25.0 Å². The minimum Gasteiger partial charge on any atom is -0.399 e. The monoisotopic (exact) mass is 371 g/mol. The molecule has 0 radical (unpaired) electrons. The number of carbonyl (C=O) groups excluding carboxylic acids is 1. The zero-order chi connectivity index (χ0) is 17.8. The van der Waals surface area contributed by atoms with Crippen LogP contribution in [0.2, 0.25) is 0 Å². The van der Waals surface area contributed by atoms with E-state index < -0.39 is 0 Å². The van der Waals surface area contributed by atoms with Gasteiger partial charge in [-0.15, -0.1) is 11.3 Å². The highest BCUT2D eigenvalue weighted by molar-refractivity contribution is 8.01. The summed E-state index contributed by atoms with van der Waals surface area (Å²) in [7, 11) is 0. The minimum atomic E-state index is -0.000583. The standard InChI is InChI=1S/C19H21N3OS2/c1-3-12-6-5-7-13(4-2)18(12)22-17(23)11-24-19-21-15-9-8-14(20)10-16(15)25-19/h5-10H,3-4,11,20H2,1-2H3,(H,22,23). The highest BCUT2D eigenvalue weighted by Gasteiger charge is 2.12. The predicted molar refractivity (Wildman–Crippen MR) is 109 cm³/mol. The van der Waals surface area contributed by atoms with E-state index in [9.17, 15) is 4.79 Å². The summed E-state index contributed by atoms with van der Waals surface area (Å²) in [4.78, 5) is 17.0. The summed E-state index contributed by atoms with van der Waals surface area (Å²) in [5.41, 5.74) is 10.8. The van der Waals surface area contributed by atoms with Crippen molar-refractivity contribution in [3.63, 3.8) is 0 Å². The van der Waals surface area contributed by atoms with Crippen LogP contribution >= 0.6 is 23.1 Å². The number of fused-ring (bicyclic) bond motifs is 1. The molecule has 2 aromatic carbocycles. The molecule has 0 saturated carbocycles. The van der Waals surface area contributed by atoms with Gasteiger partial charge in [0.05, 0.1) is 16.0 Å². The molecule has 0 saturated heterocycles. The number of nitrogens with two attached hydrogens (primary N) is 1. The third-order valence-electron chi connectivity index (χ3n) is 3.98. The molecule has 3 rings (SSSR count). The first-order valence-corrected chi connectivity index (χ1v) is 10.1. The van der Waals surface area contributed by atoms with Crippen molar-refractivity contribution >= 4 is 50.6 Å². The zero-order valence-corrected chi connectivity index (χ0v) is 16.0. The molecule has 0 atom stereocenters. The summed E-state index contributed by atoms with van der Waals surface area (Å²) in [6.07, 6.45) is 1.80. The van der Waals surface area contributed by atoms with Crippen molar-refractivity contribution in [3.05, 3.63) is 47.5 Å². The van der Waals surface area contributed by atoms with Gasteiger partial charge >= 0.3 is 0 Å². The highest BCUT2D eigenvalue weighted by Crippen LogP contribution is 2.31. The molecule has 0 unspecified atom stereocenters. The Morgan fingerprint density at radius 3 is 2.60 bits per heavy atom. The number of hydrogen-bond acceptors (Lipinski definition) is 5. The molecule has 1 aromatic heterocycles. The Morgan fingerprint density at radius 2 is 1.92 bits per heavy atom. The molecule has 25 heavy (non-hydrogen) atoms. The predicted octanol–water partition coefficient (Wildman–Crippen LogP) is 4.73. The fraction of sp³-hybridized carbons (Fsp3) is 0.263. The van der Waals surface area contributed by atoms with Crippen LogP contribution in [0.25, 0.3) is 10.2 Å². The lowest BCUT2D eigenvalue weighted by molar-refractivity contribution is -0.113. The molecular formula is C19H21N3OS2. The van der Waals surface area contributed by atoms with E-state index in [4.69, 9.17) is 5.73 Å². The van der Waals surface area contributed by atoms with Gasteiger partial charge in [0.1, 0.15) is 0 Å². The van der Waals surface area contributed by atoms with Crippen LogP contribution in [0.15, 0.2) is 40.7 Å². The summed E-state index contributed by atoms with van der Waals surface area (Å²) < 4.78 is 1.93. The molecule has 0 bridgehead atoms. The second-order valence-electron chi connectivity index (χ2n) is 5.70. The maximum Gasteiger partial charge on any atom is 0.234 e. The number of thiazole rings is 1. The van der Waals surface area contributed by atoms with E-state index >= 15 is 0 Å². The van der Waals surface area contributed by atoms with E-state index in [0.29, 0.717) is 5.75 Å². The molecule has 3 N–H and O–H groups in total. The molecule has 3 aromatic rings. The quantitative estimate of drug-likeness (QED) is 0.485. The largest absolute Gasteiger partial charge is 0.399 e. The fourth-order valence-electron chi connectivity index (χ4n) is 2.69. The summed E-state index contributed by atoms with van der Waals surface area (Å²) in [6, 6.07) is 11.9. The Morgan fingerprint density at radius 1 is 1.20 bits per heavy atom. The van der Waals surface area contributed by atoms with Gasteiger partial charge in [-0.1, -0.05) is 43.8 Å². The number of carbonyl (C=O) groups is 1. The molecule has 130 valence electrons. The first-order chi connectivity index (χ1) is 12.1. The molecular weight excluding hydrogens is 350 g/mol. The fourth-order valence-corrected chi connectivity index (χ4v) is 4.60. The topological polar surface area (TPSA) is 68.0 Å². The van der Waals surface area contributed by atoms with Crippen molar-refractivity contribution in [3.8, 4) is 0 Å². The summed E-state index contributed by atoms with van der Waals surface area (Å²) >= 11 is 3.03. The maximum atomic E-state index is 12.4. The zero-order valence-electron chi connectivity index (χ0n) is 14.3. The van der Waals surface area contributed by atoms with Crippen molar-refractivity contribution < 1.29 is 4.79 Å². The minimum absolute atomic E-state index is 0.000583. The number of rotatable bonds is 6. The van der Waals surface area contributed by atoms with E-state index in [1.165, 1.54) is 22.9 Å². The second-order valence-corrected chi connectivity index (χ2v) is 7.96. The van der Waals surface area contributed by atoms with Crippen LogP contribution < -0.4 is 11.1 Å². The Labute approximate surface area is 155 Å². The molecule has 6 heteroatoms. The Kier molecular flexibility index (Phi) is 5.60. The average molecular weight is 372 g/mol. The number of hydrogen-bond donors (Lipinski definition) is 2. The van der Waals surface area contributed by atoms with Gasteiger partial charge in [-0.2, -0.15) is 0 Å². The Bertz CT molecular complexity index is 883. The van der Waals surface area contributed by atoms with Gasteiger partial charge in [0.15, 0.2) is 4.34 Å². The van der Waals surface area contributed by atoms with Gasteiger partial charge in [0.2, 0.25) is 5.91 Å². The van der Waals surface area contributed by atoms with Crippen molar-refractivity contribution in [2.24, 2.45) is 0 Å². The highest BCUT2D eigenvalue weighted by atomic mass is 32.2. The normalized spacial score (nSPS) is 11.0. The lowest BCUT2D eigenvalue weighted by Crippen LogP contribution is -2.16. The van der Waals surface area contributed by atoms with Gasteiger partial charge in [0.25, 0.3) is 0 Å². The van der Waals surface area contributed by atoms with Crippen molar-refractivity contribution in [1.82, 2.24) is 4.98 Å². The van der Waals surface area contributed by atoms with Crippen molar-refractivity contribution in [2.75, 3.05) is 16.8 Å². The molecule has 1 amide bonds.